The van der Waals surface area contributed by atoms with E-state index in [1.807, 2.05) is 10.8 Å². The van der Waals surface area contributed by atoms with Crippen molar-refractivity contribution >= 4 is 5.91 Å². The van der Waals surface area contributed by atoms with Crippen molar-refractivity contribution in [3.05, 3.63) is 47.8 Å². The second kappa shape index (κ2) is 6.94. The number of aryl methyl sites for hydroxylation is 1. The number of imidazole rings is 1. The SMILES string of the molecule is O=C(NCC1CCCn2ccnc21)c1ccc(OC(F)F)cc1F. The Bertz CT molecular complexity index is 733. The molecule has 1 atom stereocenters. The minimum atomic E-state index is -3.04. The Kier molecular flexibility index (Phi) is 4.73. The summed E-state index contributed by atoms with van der Waals surface area (Å²) in [6.45, 7) is -1.80. The van der Waals surface area contributed by atoms with Crippen LogP contribution in [0.3, 0.4) is 0 Å². The molecule has 0 saturated carbocycles. The van der Waals surface area contributed by atoms with Gasteiger partial charge in [0.2, 0.25) is 0 Å². The van der Waals surface area contributed by atoms with Crippen LogP contribution < -0.4 is 10.1 Å². The number of benzene rings is 1. The molecule has 0 saturated heterocycles. The normalized spacial score (nSPS) is 16.8. The molecule has 1 aromatic heterocycles. The summed E-state index contributed by atoms with van der Waals surface area (Å²) in [5.74, 6) is -0.853. The fourth-order valence-electron chi connectivity index (χ4n) is 2.87. The highest BCUT2D eigenvalue weighted by Crippen LogP contribution is 2.25. The van der Waals surface area contributed by atoms with Gasteiger partial charge in [-0.1, -0.05) is 0 Å². The number of hydrogen-bond acceptors (Lipinski definition) is 3. The summed E-state index contributed by atoms with van der Waals surface area (Å²) in [5, 5.41) is 2.68. The van der Waals surface area contributed by atoms with Crippen LogP contribution in [0, 0.1) is 5.82 Å². The molecular weight excluding hydrogens is 323 g/mol. The number of amides is 1. The molecule has 1 aliphatic heterocycles. The molecule has 1 amide bonds. The number of carbonyl (C=O) groups excluding carboxylic acids is 1. The second-order valence-corrected chi connectivity index (χ2v) is 5.55. The van der Waals surface area contributed by atoms with Crippen LogP contribution in [-0.4, -0.2) is 28.6 Å². The minimum Gasteiger partial charge on any atom is -0.435 e. The summed E-state index contributed by atoms with van der Waals surface area (Å²) in [6, 6.07) is 3.04. The molecule has 1 N–H and O–H groups in total. The van der Waals surface area contributed by atoms with Gasteiger partial charge in [0, 0.05) is 37.5 Å². The maximum atomic E-state index is 13.9. The van der Waals surface area contributed by atoms with Crippen LogP contribution in [0.25, 0.3) is 0 Å². The van der Waals surface area contributed by atoms with Gasteiger partial charge in [0.25, 0.3) is 5.91 Å². The summed E-state index contributed by atoms with van der Waals surface area (Å²) in [4.78, 5) is 16.4. The molecule has 0 aliphatic carbocycles. The molecule has 3 rings (SSSR count). The zero-order valence-electron chi connectivity index (χ0n) is 12.7. The maximum Gasteiger partial charge on any atom is 0.387 e. The van der Waals surface area contributed by atoms with Gasteiger partial charge in [-0.25, -0.2) is 9.37 Å². The number of hydrogen-bond donors (Lipinski definition) is 1. The quantitative estimate of drug-likeness (QED) is 0.911. The lowest BCUT2D eigenvalue weighted by atomic mass is 9.99. The third-order valence-corrected chi connectivity index (χ3v) is 3.98. The minimum absolute atomic E-state index is 0.0715. The van der Waals surface area contributed by atoms with E-state index in [4.69, 9.17) is 0 Å². The average molecular weight is 339 g/mol. The predicted molar refractivity (Wildman–Crippen MR) is 79.6 cm³/mol. The summed E-state index contributed by atoms with van der Waals surface area (Å²) in [5.41, 5.74) is -0.212. The highest BCUT2D eigenvalue weighted by molar-refractivity contribution is 5.94. The number of halogens is 3. The lowest BCUT2D eigenvalue weighted by molar-refractivity contribution is -0.0499. The van der Waals surface area contributed by atoms with E-state index in [1.165, 1.54) is 0 Å². The van der Waals surface area contributed by atoms with Crippen LogP contribution in [0.2, 0.25) is 0 Å². The molecule has 2 heterocycles. The number of alkyl halides is 2. The Balaban J connectivity index is 1.64. The molecule has 5 nitrogen and oxygen atoms in total. The molecule has 0 bridgehead atoms. The monoisotopic (exact) mass is 339 g/mol. The van der Waals surface area contributed by atoms with Crippen molar-refractivity contribution in [2.24, 2.45) is 0 Å². The van der Waals surface area contributed by atoms with E-state index in [-0.39, 0.29) is 17.2 Å². The summed E-state index contributed by atoms with van der Waals surface area (Å²) in [6.07, 6.45) is 5.49. The molecule has 0 fully saturated rings. The number of aromatic nitrogens is 2. The van der Waals surface area contributed by atoms with Crippen LogP contribution >= 0.6 is 0 Å². The van der Waals surface area contributed by atoms with Crippen molar-refractivity contribution in [2.45, 2.75) is 31.9 Å². The van der Waals surface area contributed by atoms with E-state index < -0.39 is 18.3 Å². The zero-order chi connectivity index (χ0) is 17.1. The Morgan fingerprint density at radius 2 is 2.29 bits per heavy atom. The molecule has 2 aromatic rings. The molecule has 128 valence electrons. The van der Waals surface area contributed by atoms with E-state index in [9.17, 15) is 18.0 Å². The van der Waals surface area contributed by atoms with Crippen LogP contribution in [0.15, 0.2) is 30.6 Å². The standard InChI is InChI=1S/C16H16F3N3O2/c17-13-8-11(24-16(18)19)3-4-12(13)15(23)21-9-10-2-1-6-22-7-5-20-14(10)22/h3-5,7-8,10,16H,1-2,6,9H2,(H,21,23). The predicted octanol–water partition coefficient (Wildman–Crippen LogP) is 2.93. The van der Waals surface area contributed by atoms with Gasteiger partial charge in [-0.2, -0.15) is 8.78 Å². The van der Waals surface area contributed by atoms with Crippen molar-refractivity contribution < 1.29 is 22.7 Å². The van der Waals surface area contributed by atoms with Crippen molar-refractivity contribution in [3.63, 3.8) is 0 Å². The van der Waals surface area contributed by atoms with Gasteiger partial charge in [0.05, 0.1) is 5.56 Å². The van der Waals surface area contributed by atoms with Gasteiger partial charge >= 0.3 is 6.61 Å². The van der Waals surface area contributed by atoms with Gasteiger partial charge in [-0.15, -0.1) is 0 Å². The van der Waals surface area contributed by atoms with Gasteiger partial charge < -0.3 is 14.6 Å². The molecule has 1 aliphatic rings. The Labute approximate surface area is 136 Å². The summed E-state index contributed by atoms with van der Waals surface area (Å²) in [7, 11) is 0. The van der Waals surface area contributed by atoms with Gasteiger partial charge in [-0.05, 0) is 25.0 Å². The van der Waals surface area contributed by atoms with Crippen LogP contribution in [0.1, 0.15) is 34.9 Å². The van der Waals surface area contributed by atoms with Crippen LogP contribution in [0.5, 0.6) is 5.75 Å². The summed E-state index contributed by atoms with van der Waals surface area (Å²) >= 11 is 0. The van der Waals surface area contributed by atoms with E-state index in [0.717, 1.165) is 43.4 Å². The van der Waals surface area contributed by atoms with E-state index >= 15 is 0 Å². The number of carbonyl (C=O) groups is 1. The van der Waals surface area contributed by atoms with E-state index in [0.29, 0.717) is 6.54 Å². The van der Waals surface area contributed by atoms with Crippen molar-refractivity contribution in [3.8, 4) is 5.75 Å². The Morgan fingerprint density at radius 3 is 3.04 bits per heavy atom. The lowest BCUT2D eigenvalue weighted by Gasteiger charge is -2.23. The van der Waals surface area contributed by atoms with Gasteiger partial charge in [-0.3, -0.25) is 4.79 Å². The first kappa shape index (κ1) is 16.4. The van der Waals surface area contributed by atoms with Crippen LogP contribution in [-0.2, 0) is 6.54 Å². The molecule has 1 aromatic carbocycles. The number of nitrogens with one attached hydrogen (secondary N) is 1. The Morgan fingerprint density at radius 1 is 1.46 bits per heavy atom. The number of rotatable bonds is 5. The highest BCUT2D eigenvalue weighted by atomic mass is 19.3. The smallest absolute Gasteiger partial charge is 0.387 e. The van der Waals surface area contributed by atoms with E-state index in [2.05, 4.69) is 15.0 Å². The number of nitrogens with zero attached hydrogens (tertiary/aromatic N) is 2. The maximum absolute atomic E-state index is 13.9. The third kappa shape index (κ3) is 3.52. The Hall–Kier alpha value is -2.51. The first-order valence-corrected chi connectivity index (χ1v) is 7.58. The zero-order valence-corrected chi connectivity index (χ0v) is 12.7. The third-order valence-electron chi connectivity index (χ3n) is 3.98. The second-order valence-electron chi connectivity index (χ2n) is 5.55. The number of ether oxygens (including phenoxy) is 1. The lowest BCUT2D eigenvalue weighted by Crippen LogP contribution is -2.31. The number of fused-ring (bicyclic) bond motifs is 1. The topological polar surface area (TPSA) is 56.2 Å². The first-order chi connectivity index (χ1) is 11.5. The summed E-state index contributed by atoms with van der Waals surface area (Å²) < 4.78 is 44.2. The molecular formula is C16H16F3N3O2. The average Bonchev–Trinajstić information content (AvgIpc) is 3.01. The van der Waals surface area contributed by atoms with Crippen molar-refractivity contribution in [1.82, 2.24) is 14.9 Å². The van der Waals surface area contributed by atoms with E-state index in [1.54, 1.807) is 6.20 Å². The molecule has 24 heavy (non-hydrogen) atoms. The van der Waals surface area contributed by atoms with Crippen molar-refractivity contribution in [2.75, 3.05) is 6.54 Å². The van der Waals surface area contributed by atoms with Gasteiger partial charge in [0.1, 0.15) is 17.4 Å². The highest BCUT2D eigenvalue weighted by Gasteiger charge is 2.22. The molecule has 1 unspecified atom stereocenters. The van der Waals surface area contributed by atoms with Crippen LogP contribution in [0.4, 0.5) is 13.2 Å². The first-order valence-electron chi connectivity index (χ1n) is 7.58. The fraction of sp³-hybridized carbons (Fsp3) is 0.375. The largest absolute Gasteiger partial charge is 0.435 e. The van der Waals surface area contributed by atoms with Crippen molar-refractivity contribution in [1.29, 1.82) is 0 Å². The molecule has 0 radical (unpaired) electrons. The molecule has 0 spiro atoms. The van der Waals surface area contributed by atoms with Gasteiger partial charge in [0.15, 0.2) is 0 Å². The molecule has 8 heteroatoms. The fourth-order valence-corrected chi connectivity index (χ4v) is 2.87.